The number of hydrogen-bond donors (Lipinski definition) is 1. The molecule has 3 heterocycles. The van der Waals surface area contributed by atoms with Crippen LogP contribution in [-0.4, -0.2) is 61.8 Å². The second-order valence-electron chi connectivity index (χ2n) is 9.75. The average molecular weight is 554 g/mol. The van der Waals surface area contributed by atoms with Gasteiger partial charge in [-0.1, -0.05) is 17.3 Å². The van der Waals surface area contributed by atoms with E-state index >= 15 is 0 Å². The molecule has 2 aromatic heterocycles. The molecule has 0 atom stereocenters. The van der Waals surface area contributed by atoms with Crippen LogP contribution in [0, 0.1) is 12.7 Å². The minimum absolute atomic E-state index is 0.183. The Kier molecular flexibility index (Phi) is 7.88. The third-order valence-electron chi connectivity index (χ3n) is 6.88. The van der Waals surface area contributed by atoms with Crippen molar-refractivity contribution >= 4 is 11.5 Å². The van der Waals surface area contributed by atoms with Gasteiger partial charge >= 0.3 is 6.18 Å². The molecule has 1 saturated heterocycles. The van der Waals surface area contributed by atoms with Crippen molar-refractivity contribution in [1.29, 1.82) is 0 Å². The molecule has 1 fully saturated rings. The molecular formula is C28H27F4N7O. The maximum Gasteiger partial charge on any atom is 0.419 e. The Bertz CT molecular complexity index is 1500. The molecule has 0 unspecified atom stereocenters. The standard InChI is InChI=1S/C28H27F4N7O/c1-18-4-5-19(10-25(18)39-16-24(36-37-39)21-14-33-17-34-15-21)11-26(40)20-12-22(28(30,31)32)27(29)23(13-20)35-6-9-38-7-2-3-8-38/h4-5,10,12-17,35H,2-3,6-9,11H2,1H3. The van der Waals surface area contributed by atoms with E-state index in [1.807, 2.05) is 6.92 Å². The molecule has 0 aliphatic carbocycles. The lowest BCUT2D eigenvalue weighted by atomic mass is 9.98. The van der Waals surface area contributed by atoms with Gasteiger partial charge in [-0.05, 0) is 62.2 Å². The molecule has 1 aliphatic heterocycles. The maximum absolute atomic E-state index is 14.8. The Hall–Kier alpha value is -4.19. The number of nitrogens with zero attached hydrogens (tertiary/aromatic N) is 6. The topological polar surface area (TPSA) is 88.8 Å². The molecule has 8 nitrogen and oxygen atoms in total. The molecular weight excluding hydrogens is 526 g/mol. The summed E-state index contributed by atoms with van der Waals surface area (Å²) in [6.45, 7) is 4.52. The highest BCUT2D eigenvalue weighted by atomic mass is 19.4. The second kappa shape index (κ2) is 11.5. The van der Waals surface area contributed by atoms with Gasteiger partial charge in [-0.15, -0.1) is 5.10 Å². The third-order valence-corrected chi connectivity index (χ3v) is 6.88. The van der Waals surface area contributed by atoms with Gasteiger partial charge in [0, 0.05) is 43.0 Å². The van der Waals surface area contributed by atoms with Crippen molar-refractivity contribution in [2.75, 3.05) is 31.5 Å². The van der Waals surface area contributed by atoms with E-state index < -0.39 is 23.3 Å². The van der Waals surface area contributed by atoms with Gasteiger partial charge in [0.2, 0.25) is 0 Å². The van der Waals surface area contributed by atoms with Crippen LogP contribution in [0.1, 0.15) is 39.9 Å². The van der Waals surface area contributed by atoms with Crippen LogP contribution in [-0.2, 0) is 12.6 Å². The number of alkyl halides is 3. The first kappa shape index (κ1) is 27.4. The fraction of sp³-hybridized carbons (Fsp3) is 0.321. The maximum atomic E-state index is 14.8. The SMILES string of the molecule is Cc1ccc(CC(=O)c2cc(NCCN3CCCC3)c(F)c(C(F)(F)F)c2)cc1-n1cc(-c2cncnc2)nn1. The monoisotopic (exact) mass is 553 g/mol. The Morgan fingerprint density at radius 3 is 2.55 bits per heavy atom. The Morgan fingerprint density at radius 1 is 1.07 bits per heavy atom. The number of anilines is 1. The van der Waals surface area contributed by atoms with E-state index in [-0.39, 0.29) is 24.2 Å². The van der Waals surface area contributed by atoms with Gasteiger partial charge in [-0.3, -0.25) is 4.79 Å². The molecule has 5 rings (SSSR count). The molecule has 0 spiro atoms. The summed E-state index contributed by atoms with van der Waals surface area (Å²) >= 11 is 0. The van der Waals surface area contributed by atoms with Crippen LogP contribution in [0.25, 0.3) is 16.9 Å². The van der Waals surface area contributed by atoms with E-state index in [2.05, 4.69) is 30.5 Å². The number of carbonyl (C=O) groups excluding carboxylic acids is 1. The summed E-state index contributed by atoms with van der Waals surface area (Å²) in [6, 6.07) is 7.00. The van der Waals surface area contributed by atoms with Crippen molar-refractivity contribution in [3.8, 4) is 16.9 Å². The van der Waals surface area contributed by atoms with E-state index in [9.17, 15) is 22.4 Å². The number of Topliss-reactive ketones (excluding diaryl/α,β-unsaturated/α-hetero) is 1. The van der Waals surface area contributed by atoms with Crippen molar-refractivity contribution in [1.82, 2.24) is 29.9 Å². The number of halogens is 4. The number of carbonyl (C=O) groups is 1. The number of aromatic nitrogens is 5. The summed E-state index contributed by atoms with van der Waals surface area (Å²) in [5.74, 6) is -1.97. The number of ketones is 1. The van der Waals surface area contributed by atoms with Crippen LogP contribution in [0.4, 0.5) is 23.2 Å². The predicted octanol–water partition coefficient (Wildman–Crippen LogP) is 5.12. The number of nitrogens with one attached hydrogen (secondary N) is 1. The summed E-state index contributed by atoms with van der Waals surface area (Å²) in [4.78, 5) is 23.3. The number of hydrogen-bond acceptors (Lipinski definition) is 7. The molecule has 0 bridgehead atoms. The Balaban J connectivity index is 1.37. The highest BCUT2D eigenvalue weighted by molar-refractivity contribution is 5.98. The summed E-state index contributed by atoms with van der Waals surface area (Å²) in [7, 11) is 0. The van der Waals surface area contributed by atoms with E-state index in [1.165, 1.54) is 6.33 Å². The molecule has 40 heavy (non-hydrogen) atoms. The van der Waals surface area contributed by atoms with E-state index in [1.54, 1.807) is 41.5 Å². The second-order valence-corrected chi connectivity index (χ2v) is 9.75. The molecule has 4 aromatic rings. The van der Waals surface area contributed by atoms with Gasteiger partial charge in [0.25, 0.3) is 0 Å². The van der Waals surface area contributed by atoms with Crippen molar-refractivity contribution in [2.45, 2.75) is 32.4 Å². The first-order valence-corrected chi connectivity index (χ1v) is 12.9. The number of rotatable bonds is 9. The minimum Gasteiger partial charge on any atom is -0.381 e. The Morgan fingerprint density at radius 2 is 1.82 bits per heavy atom. The third kappa shape index (κ3) is 6.17. The van der Waals surface area contributed by atoms with E-state index in [0.717, 1.165) is 37.6 Å². The van der Waals surface area contributed by atoms with Gasteiger partial charge in [0.1, 0.15) is 12.0 Å². The number of benzene rings is 2. The summed E-state index contributed by atoms with van der Waals surface area (Å²) in [5, 5.41) is 11.1. The van der Waals surface area contributed by atoms with Crippen LogP contribution < -0.4 is 5.32 Å². The quantitative estimate of drug-likeness (QED) is 0.227. The molecule has 2 aromatic carbocycles. The first-order chi connectivity index (χ1) is 19.2. The van der Waals surface area contributed by atoms with Crippen LogP contribution in [0.5, 0.6) is 0 Å². The summed E-state index contributed by atoms with van der Waals surface area (Å²) < 4.78 is 57.4. The van der Waals surface area contributed by atoms with Gasteiger partial charge in [-0.2, -0.15) is 13.2 Å². The van der Waals surface area contributed by atoms with Crippen molar-refractivity contribution in [3.05, 3.63) is 83.3 Å². The highest BCUT2D eigenvalue weighted by Gasteiger charge is 2.36. The molecule has 0 amide bonds. The van der Waals surface area contributed by atoms with Gasteiger partial charge in [-0.25, -0.2) is 19.0 Å². The molecule has 0 saturated carbocycles. The fourth-order valence-electron chi connectivity index (χ4n) is 4.72. The largest absolute Gasteiger partial charge is 0.419 e. The smallest absolute Gasteiger partial charge is 0.381 e. The lowest BCUT2D eigenvalue weighted by Crippen LogP contribution is -2.26. The first-order valence-electron chi connectivity index (χ1n) is 12.9. The number of likely N-dealkylation sites (tertiary alicyclic amines) is 1. The van der Waals surface area contributed by atoms with Gasteiger partial charge < -0.3 is 10.2 Å². The van der Waals surface area contributed by atoms with Crippen molar-refractivity contribution in [3.63, 3.8) is 0 Å². The van der Waals surface area contributed by atoms with Crippen molar-refractivity contribution in [2.24, 2.45) is 0 Å². The predicted molar refractivity (Wildman–Crippen MR) is 141 cm³/mol. The minimum atomic E-state index is -4.95. The van der Waals surface area contributed by atoms with E-state index in [0.29, 0.717) is 35.1 Å². The van der Waals surface area contributed by atoms with Crippen LogP contribution in [0.2, 0.25) is 0 Å². The van der Waals surface area contributed by atoms with Gasteiger partial charge in [0.05, 0.1) is 23.1 Å². The lowest BCUT2D eigenvalue weighted by molar-refractivity contribution is -0.139. The Labute approximate surface area is 228 Å². The lowest BCUT2D eigenvalue weighted by Gasteiger charge is -2.18. The zero-order valence-corrected chi connectivity index (χ0v) is 21.7. The van der Waals surface area contributed by atoms with Crippen molar-refractivity contribution < 1.29 is 22.4 Å². The number of aryl methyl sites for hydroxylation is 1. The molecule has 208 valence electrons. The van der Waals surface area contributed by atoms with Crippen LogP contribution in [0.3, 0.4) is 0 Å². The zero-order valence-electron chi connectivity index (χ0n) is 21.7. The zero-order chi connectivity index (χ0) is 28.3. The molecule has 1 aliphatic rings. The summed E-state index contributed by atoms with van der Waals surface area (Å²) in [6.07, 6.45) is 3.32. The fourth-order valence-corrected chi connectivity index (χ4v) is 4.72. The van der Waals surface area contributed by atoms with Crippen LogP contribution >= 0.6 is 0 Å². The highest BCUT2D eigenvalue weighted by Crippen LogP contribution is 2.35. The van der Waals surface area contributed by atoms with E-state index in [4.69, 9.17) is 0 Å². The van der Waals surface area contributed by atoms with Gasteiger partial charge in [0.15, 0.2) is 11.6 Å². The normalized spacial score (nSPS) is 14.0. The molecule has 0 radical (unpaired) electrons. The summed E-state index contributed by atoms with van der Waals surface area (Å²) in [5.41, 5.74) is 1.28. The molecule has 12 heteroatoms. The average Bonchev–Trinajstić information content (AvgIpc) is 3.63. The van der Waals surface area contributed by atoms with Crippen LogP contribution in [0.15, 0.2) is 55.2 Å². The molecule has 1 N–H and O–H groups in total.